The molecule has 0 bridgehead atoms. The lowest BCUT2D eigenvalue weighted by atomic mass is 10.1. The maximum atomic E-state index is 13.1. The topological polar surface area (TPSA) is 79.7 Å². The summed E-state index contributed by atoms with van der Waals surface area (Å²) in [5.41, 5.74) is 2.79. The zero-order valence-electron chi connectivity index (χ0n) is 12.7. The first-order valence-electron chi connectivity index (χ1n) is 6.93. The predicted molar refractivity (Wildman–Crippen MR) is 90.9 cm³/mol. The van der Waals surface area contributed by atoms with Gasteiger partial charge >= 0.3 is 0 Å². The number of anilines is 1. The van der Waals surface area contributed by atoms with Gasteiger partial charge < -0.3 is 9.84 Å². The molecule has 0 saturated heterocycles. The van der Waals surface area contributed by atoms with Crippen molar-refractivity contribution in [1.29, 1.82) is 0 Å². The average molecular weight is 352 g/mol. The van der Waals surface area contributed by atoms with E-state index in [-0.39, 0.29) is 29.6 Å². The number of thiazole rings is 1. The summed E-state index contributed by atoms with van der Waals surface area (Å²) in [5.74, 6) is 0.00681. The molecule has 0 amide bonds. The Morgan fingerprint density at radius 1 is 1.35 bits per heavy atom. The highest BCUT2D eigenvalue weighted by molar-refractivity contribution is 8.02. The van der Waals surface area contributed by atoms with Crippen LogP contribution >= 0.6 is 11.3 Å². The smallest absolute Gasteiger partial charge is 0.269 e. The van der Waals surface area contributed by atoms with Gasteiger partial charge in [-0.15, -0.1) is 11.3 Å². The van der Waals surface area contributed by atoms with E-state index >= 15 is 0 Å². The number of aromatic nitrogens is 1. The van der Waals surface area contributed by atoms with Gasteiger partial charge in [0.15, 0.2) is 11.6 Å². The van der Waals surface area contributed by atoms with Gasteiger partial charge in [-0.3, -0.25) is 0 Å². The van der Waals surface area contributed by atoms with Gasteiger partial charge in [-0.25, -0.2) is 17.7 Å². The molecule has 2 heterocycles. The highest BCUT2D eigenvalue weighted by Gasteiger charge is 2.40. The van der Waals surface area contributed by atoms with E-state index in [0.29, 0.717) is 10.4 Å². The summed E-state index contributed by atoms with van der Waals surface area (Å²) >= 11 is 1.21. The maximum absolute atomic E-state index is 13.1. The zero-order chi connectivity index (χ0) is 16.6. The number of benzene rings is 1. The first kappa shape index (κ1) is 16.0. The van der Waals surface area contributed by atoms with Crippen LogP contribution in [0.2, 0.25) is 0 Å². The Bertz CT molecular complexity index is 871. The molecule has 0 fully saturated rings. The van der Waals surface area contributed by atoms with Gasteiger partial charge in [0.2, 0.25) is 0 Å². The monoisotopic (exact) mass is 352 g/mol. The zero-order valence-corrected chi connectivity index (χ0v) is 14.3. The molecule has 122 valence electrons. The van der Waals surface area contributed by atoms with Crippen LogP contribution in [0.1, 0.15) is 16.0 Å². The lowest BCUT2D eigenvalue weighted by molar-refractivity contribution is 0.208. The van der Waals surface area contributed by atoms with Crippen LogP contribution < -0.4 is 4.31 Å². The molecule has 1 aromatic heterocycles. The second-order valence-electron chi connectivity index (χ2n) is 5.07. The molecule has 6 nitrogen and oxygen atoms in total. The molecule has 2 aromatic rings. The second kappa shape index (κ2) is 5.95. The van der Waals surface area contributed by atoms with Crippen molar-refractivity contribution in [2.45, 2.75) is 6.92 Å². The van der Waals surface area contributed by atoms with Gasteiger partial charge in [-0.1, -0.05) is 24.3 Å². The maximum Gasteiger partial charge on any atom is 0.269 e. The number of fused-ring (bicyclic) bond motifs is 1. The van der Waals surface area contributed by atoms with Crippen LogP contribution in [0.25, 0.3) is 10.7 Å². The summed E-state index contributed by atoms with van der Waals surface area (Å²) in [5, 5.41) is 10.6. The van der Waals surface area contributed by atoms with Crippen molar-refractivity contribution in [3.63, 3.8) is 0 Å². The summed E-state index contributed by atoms with van der Waals surface area (Å²) in [4.78, 5) is 4.48. The van der Waals surface area contributed by atoms with Gasteiger partial charge in [0.05, 0.1) is 18.7 Å². The standard InChI is InChI=1S/C15H16N2O4S2/c1-10-5-3-4-6-11(10)14-12(18)13-15(16-9-22-13)17(7-8-21-2)23(14,19)20/h3-6,9,18H,7-8H2,1-2H3. The van der Waals surface area contributed by atoms with Crippen LogP contribution in [0.3, 0.4) is 0 Å². The minimum Gasteiger partial charge on any atom is -0.505 e. The van der Waals surface area contributed by atoms with E-state index in [9.17, 15) is 13.5 Å². The highest BCUT2D eigenvalue weighted by atomic mass is 32.2. The number of aliphatic hydroxyl groups is 1. The van der Waals surface area contributed by atoms with Gasteiger partial charge in [-0.05, 0) is 12.5 Å². The molecular formula is C15H16N2O4S2. The van der Waals surface area contributed by atoms with Crippen molar-refractivity contribution in [2.75, 3.05) is 24.6 Å². The Morgan fingerprint density at radius 2 is 2.09 bits per heavy atom. The fraction of sp³-hybridized carbons (Fsp3) is 0.267. The summed E-state index contributed by atoms with van der Waals surface area (Å²) < 4.78 is 32.3. The lowest BCUT2D eigenvalue weighted by Crippen LogP contribution is -2.37. The molecule has 3 rings (SSSR count). The Kier molecular flexibility index (Phi) is 4.13. The molecule has 0 atom stereocenters. The largest absolute Gasteiger partial charge is 0.505 e. The van der Waals surface area contributed by atoms with Crippen LogP contribution in [-0.4, -0.2) is 38.8 Å². The summed E-state index contributed by atoms with van der Waals surface area (Å²) in [7, 11) is -2.41. The van der Waals surface area contributed by atoms with E-state index in [1.807, 2.05) is 19.1 Å². The number of ether oxygens (including phenoxy) is 1. The lowest BCUT2D eigenvalue weighted by Gasteiger charge is -2.29. The first-order valence-corrected chi connectivity index (χ1v) is 9.25. The van der Waals surface area contributed by atoms with Crippen molar-refractivity contribution >= 4 is 37.8 Å². The molecule has 0 spiro atoms. The van der Waals surface area contributed by atoms with Crippen molar-refractivity contribution < 1.29 is 18.3 Å². The number of hydrogen-bond acceptors (Lipinski definition) is 6. The molecule has 1 N–H and O–H groups in total. The second-order valence-corrected chi connectivity index (χ2v) is 7.72. The van der Waals surface area contributed by atoms with Crippen LogP contribution in [0.15, 0.2) is 29.8 Å². The number of nitrogens with zero attached hydrogens (tertiary/aromatic N) is 2. The number of methoxy groups -OCH3 is 1. The molecule has 0 aliphatic carbocycles. The fourth-order valence-corrected chi connectivity index (χ4v) is 5.14. The average Bonchev–Trinajstić information content (AvgIpc) is 2.98. The third kappa shape index (κ3) is 2.52. The quantitative estimate of drug-likeness (QED) is 0.915. The third-order valence-corrected chi connectivity index (χ3v) is 6.34. The number of hydrogen-bond donors (Lipinski definition) is 1. The van der Waals surface area contributed by atoms with E-state index in [2.05, 4.69) is 4.98 Å². The fourth-order valence-electron chi connectivity index (χ4n) is 2.52. The SMILES string of the molecule is COCCN1c2ncsc2C(O)=C(c2ccccc2C)S1(=O)=O. The van der Waals surface area contributed by atoms with Crippen LogP contribution in [0.4, 0.5) is 5.82 Å². The summed E-state index contributed by atoms with van der Waals surface area (Å²) in [6, 6.07) is 7.08. The Morgan fingerprint density at radius 3 is 2.78 bits per heavy atom. The minimum atomic E-state index is -3.92. The molecule has 8 heteroatoms. The summed E-state index contributed by atoms with van der Waals surface area (Å²) in [6.07, 6.45) is 0. The molecule has 0 unspecified atom stereocenters. The molecule has 0 saturated carbocycles. The van der Waals surface area contributed by atoms with E-state index in [4.69, 9.17) is 4.74 Å². The van der Waals surface area contributed by atoms with Gasteiger partial charge in [-0.2, -0.15) is 0 Å². The Labute approximate surface area is 138 Å². The molecular weight excluding hydrogens is 336 g/mol. The Hall–Kier alpha value is -1.90. The van der Waals surface area contributed by atoms with Crippen LogP contribution in [-0.2, 0) is 14.8 Å². The molecule has 1 aliphatic rings. The van der Waals surface area contributed by atoms with E-state index in [1.165, 1.54) is 28.3 Å². The minimum absolute atomic E-state index is 0.0801. The van der Waals surface area contributed by atoms with Gasteiger partial charge in [0.25, 0.3) is 10.0 Å². The van der Waals surface area contributed by atoms with Crippen molar-refractivity contribution in [2.24, 2.45) is 0 Å². The normalized spacial score (nSPS) is 16.5. The molecule has 23 heavy (non-hydrogen) atoms. The number of aryl methyl sites for hydroxylation is 1. The Balaban J connectivity index is 2.26. The molecule has 1 aliphatic heterocycles. The number of rotatable bonds is 4. The highest BCUT2D eigenvalue weighted by Crippen LogP contribution is 2.44. The summed E-state index contributed by atoms with van der Waals surface area (Å²) in [6.45, 7) is 2.18. The van der Waals surface area contributed by atoms with Crippen molar-refractivity contribution in [3.8, 4) is 0 Å². The van der Waals surface area contributed by atoms with E-state index in [1.54, 1.807) is 12.1 Å². The third-order valence-electron chi connectivity index (χ3n) is 3.65. The van der Waals surface area contributed by atoms with Gasteiger partial charge in [0, 0.05) is 12.7 Å². The van der Waals surface area contributed by atoms with Gasteiger partial charge in [0.1, 0.15) is 9.78 Å². The number of sulfonamides is 1. The van der Waals surface area contributed by atoms with E-state index < -0.39 is 10.0 Å². The predicted octanol–water partition coefficient (Wildman–Crippen LogP) is 2.63. The van der Waals surface area contributed by atoms with Crippen LogP contribution in [0, 0.1) is 6.92 Å². The van der Waals surface area contributed by atoms with Crippen molar-refractivity contribution in [3.05, 3.63) is 45.8 Å². The van der Waals surface area contributed by atoms with E-state index in [0.717, 1.165) is 5.56 Å². The molecule has 1 aromatic carbocycles. The van der Waals surface area contributed by atoms with Crippen molar-refractivity contribution in [1.82, 2.24) is 4.98 Å². The number of aliphatic hydroxyl groups excluding tert-OH is 1. The first-order chi connectivity index (χ1) is 11.0. The van der Waals surface area contributed by atoms with Crippen LogP contribution in [0.5, 0.6) is 0 Å². The molecule has 0 radical (unpaired) electrons.